The van der Waals surface area contributed by atoms with Crippen LogP contribution in [-0.4, -0.2) is 41.0 Å². The van der Waals surface area contributed by atoms with Crippen molar-refractivity contribution in [2.24, 2.45) is 0 Å². The molecule has 0 aromatic carbocycles. The van der Waals surface area contributed by atoms with Gasteiger partial charge in [0.1, 0.15) is 0 Å². The third-order valence-electron chi connectivity index (χ3n) is 2.61. The van der Waals surface area contributed by atoms with Crippen LogP contribution in [0.2, 0.25) is 0 Å². The molecule has 1 aromatic rings. The molecule has 0 radical (unpaired) electrons. The first-order valence-electron chi connectivity index (χ1n) is 5.28. The number of hydrogen-bond donors (Lipinski definition) is 1. The molecule has 0 unspecified atom stereocenters. The molecule has 0 aliphatic carbocycles. The maximum absolute atomic E-state index is 10.6. The van der Waals surface area contributed by atoms with Gasteiger partial charge in [-0.15, -0.1) is 0 Å². The van der Waals surface area contributed by atoms with Gasteiger partial charge in [0.15, 0.2) is 0 Å². The van der Waals surface area contributed by atoms with Crippen molar-refractivity contribution in [3.05, 3.63) is 34.1 Å². The lowest BCUT2D eigenvalue weighted by molar-refractivity contribution is -0.385. The predicted octanol–water partition coefficient (Wildman–Crippen LogP) is 0.395. The van der Waals surface area contributed by atoms with E-state index in [0.717, 1.165) is 31.9 Å². The Morgan fingerprint density at radius 2 is 2.25 bits per heavy atom. The summed E-state index contributed by atoms with van der Waals surface area (Å²) in [5.74, 6) is 0. The Labute approximate surface area is 93.4 Å². The summed E-state index contributed by atoms with van der Waals surface area (Å²) in [6.07, 6.45) is 1.50. The molecule has 0 bridgehead atoms. The zero-order chi connectivity index (χ0) is 11.4. The van der Waals surface area contributed by atoms with Gasteiger partial charge < -0.3 is 5.32 Å². The Morgan fingerprint density at radius 3 is 2.94 bits per heavy atom. The van der Waals surface area contributed by atoms with Gasteiger partial charge in [-0.1, -0.05) is 0 Å². The van der Waals surface area contributed by atoms with Crippen LogP contribution in [0.25, 0.3) is 0 Å². The van der Waals surface area contributed by atoms with E-state index in [4.69, 9.17) is 0 Å². The van der Waals surface area contributed by atoms with Crippen molar-refractivity contribution in [1.29, 1.82) is 0 Å². The van der Waals surface area contributed by atoms with Crippen molar-refractivity contribution in [2.75, 3.05) is 26.2 Å². The summed E-state index contributed by atoms with van der Waals surface area (Å²) >= 11 is 0. The summed E-state index contributed by atoms with van der Waals surface area (Å²) in [5.41, 5.74) is 0.872. The summed E-state index contributed by atoms with van der Waals surface area (Å²) in [4.78, 5) is 16.6. The SMILES string of the molecule is O=[N+]([O-])c1ccnc(CN2CCNCC2)c1. The minimum absolute atomic E-state index is 0.111. The van der Waals surface area contributed by atoms with E-state index >= 15 is 0 Å². The van der Waals surface area contributed by atoms with Crippen LogP contribution >= 0.6 is 0 Å². The van der Waals surface area contributed by atoms with Crippen LogP contribution in [0.3, 0.4) is 0 Å². The lowest BCUT2D eigenvalue weighted by Crippen LogP contribution is -2.43. The molecule has 1 fully saturated rings. The number of nitrogens with one attached hydrogen (secondary N) is 1. The number of nitro groups is 1. The van der Waals surface area contributed by atoms with E-state index in [-0.39, 0.29) is 10.6 Å². The fourth-order valence-corrected chi connectivity index (χ4v) is 1.76. The second kappa shape index (κ2) is 5.00. The molecular weight excluding hydrogens is 208 g/mol. The zero-order valence-electron chi connectivity index (χ0n) is 8.93. The van der Waals surface area contributed by atoms with Gasteiger partial charge in [0.05, 0.1) is 10.6 Å². The molecule has 1 N–H and O–H groups in total. The average molecular weight is 222 g/mol. The first kappa shape index (κ1) is 11.0. The van der Waals surface area contributed by atoms with Crippen molar-refractivity contribution in [2.45, 2.75) is 6.54 Å². The van der Waals surface area contributed by atoms with Gasteiger partial charge in [0.25, 0.3) is 5.69 Å². The number of hydrogen-bond acceptors (Lipinski definition) is 5. The van der Waals surface area contributed by atoms with Gasteiger partial charge >= 0.3 is 0 Å². The summed E-state index contributed by atoms with van der Waals surface area (Å²) in [5, 5.41) is 13.9. The van der Waals surface area contributed by atoms with Gasteiger partial charge in [0, 0.05) is 51.1 Å². The minimum Gasteiger partial charge on any atom is -0.314 e. The molecule has 1 aromatic heterocycles. The Morgan fingerprint density at radius 1 is 1.50 bits per heavy atom. The van der Waals surface area contributed by atoms with Crippen molar-refractivity contribution in [3.63, 3.8) is 0 Å². The van der Waals surface area contributed by atoms with Crippen molar-refractivity contribution in [1.82, 2.24) is 15.2 Å². The molecule has 0 spiro atoms. The highest BCUT2D eigenvalue weighted by Gasteiger charge is 2.12. The third kappa shape index (κ3) is 2.74. The molecule has 1 aliphatic heterocycles. The predicted molar refractivity (Wildman–Crippen MR) is 59.0 cm³/mol. The molecule has 0 amide bonds. The van der Waals surface area contributed by atoms with Crippen LogP contribution in [0.4, 0.5) is 5.69 Å². The summed E-state index contributed by atoms with van der Waals surface area (Å²) in [7, 11) is 0. The second-order valence-corrected chi connectivity index (χ2v) is 3.79. The van der Waals surface area contributed by atoms with Crippen molar-refractivity contribution >= 4 is 5.69 Å². The Bertz CT molecular complexity index is 377. The lowest BCUT2D eigenvalue weighted by Gasteiger charge is -2.26. The van der Waals surface area contributed by atoms with Crippen molar-refractivity contribution < 1.29 is 4.92 Å². The standard InChI is InChI=1S/C10H14N4O2/c15-14(16)10-1-2-12-9(7-10)8-13-5-3-11-4-6-13/h1-2,7,11H,3-6,8H2. The maximum atomic E-state index is 10.6. The number of piperazine rings is 1. The first-order chi connectivity index (χ1) is 7.75. The fourth-order valence-electron chi connectivity index (χ4n) is 1.76. The Balaban J connectivity index is 2.02. The van der Waals surface area contributed by atoms with Crippen LogP contribution < -0.4 is 5.32 Å². The fraction of sp³-hybridized carbons (Fsp3) is 0.500. The molecule has 1 saturated heterocycles. The van der Waals surface area contributed by atoms with Crippen LogP contribution in [0.5, 0.6) is 0 Å². The Hall–Kier alpha value is -1.53. The number of pyridine rings is 1. The number of nitrogens with zero attached hydrogens (tertiary/aromatic N) is 3. The van der Waals surface area contributed by atoms with Gasteiger partial charge in [-0.3, -0.25) is 20.0 Å². The maximum Gasteiger partial charge on any atom is 0.272 e. The molecule has 6 nitrogen and oxygen atoms in total. The largest absolute Gasteiger partial charge is 0.314 e. The molecule has 1 aliphatic rings. The van der Waals surface area contributed by atoms with Crippen LogP contribution in [0.1, 0.15) is 5.69 Å². The van der Waals surface area contributed by atoms with Gasteiger partial charge in [-0.25, -0.2) is 0 Å². The molecule has 16 heavy (non-hydrogen) atoms. The number of rotatable bonds is 3. The number of aromatic nitrogens is 1. The van der Waals surface area contributed by atoms with E-state index in [1.807, 2.05) is 0 Å². The van der Waals surface area contributed by atoms with Gasteiger partial charge in [0.2, 0.25) is 0 Å². The molecule has 0 atom stereocenters. The van der Waals surface area contributed by atoms with E-state index < -0.39 is 0 Å². The molecule has 2 rings (SSSR count). The van der Waals surface area contributed by atoms with Crippen molar-refractivity contribution in [3.8, 4) is 0 Å². The van der Waals surface area contributed by atoms with Crippen LogP contribution in [0.15, 0.2) is 18.3 Å². The normalized spacial score (nSPS) is 17.2. The molecule has 6 heteroatoms. The molecular formula is C10H14N4O2. The van der Waals surface area contributed by atoms with E-state index in [2.05, 4.69) is 15.2 Å². The highest BCUT2D eigenvalue weighted by Crippen LogP contribution is 2.12. The average Bonchev–Trinajstić information content (AvgIpc) is 2.30. The zero-order valence-corrected chi connectivity index (χ0v) is 8.93. The van der Waals surface area contributed by atoms with Gasteiger partial charge in [-0.2, -0.15) is 0 Å². The summed E-state index contributed by atoms with van der Waals surface area (Å²) in [6.45, 7) is 4.54. The van der Waals surface area contributed by atoms with E-state index in [0.29, 0.717) is 6.54 Å². The smallest absolute Gasteiger partial charge is 0.272 e. The van der Waals surface area contributed by atoms with Crippen LogP contribution in [-0.2, 0) is 6.54 Å². The molecule has 86 valence electrons. The lowest BCUT2D eigenvalue weighted by atomic mass is 10.3. The van der Waals surface area contributed by atoms with Crippen LogP contribution in [0, 0.1) is 10.1 Å². The summed E-state index contributed by atoms with van der Waals surface area (Å²) < 4.78 is 0. The first-order valence-corrected chi connectivity index (χ1v) is 5.28. The van der Waals surface area contributed by atoms with Gasteiger partial charge in [-0.05, 0) is 0 Å². The highest BCUT2D eigenvalue weighted by molar-refractivity contribution is 5.29. The molecule has 2 heterocycles. The second-order valence-electron chi connectivity index (χ2n) is 3.79. The highest BCUT2D eigenvalue weighted by atomic mass is 16.6. The molecule has 0 saturated carbocycles. The monoisotopic (exact) mass is 222 g/mol. The van der Waals surface area contributed by atoms with E-state index in [1.165, 1.54) is 12.3 Å². The minimum atomic E-state index is -0.386. The van der Waals surface area contributed by atoms with E-state index in [9.17, 15) is 10.1 Å². The quantitative estimate of drug-likeness (QED) is 0.592. The van der Waals surface area contributed by atoms with E-state index in [1.54, 1.807) is 6.07 Å². The topological polar surface area (TPSA) is 71.3 Å². The summed E-state index contributed by atoms with van der Waals surface area (Å²) in [6, 6.07) is 2.96. The third-order valence-corrected chi connectivity index (χ3v) is 2.61. The Kier molecular flexibility index (Phi) is 3.43.